The number of phosphoric acid groups is 1. The number of phenols is 1. The molecule has 0 bridgehead atoms. The van der Waals surface area contributed by atoms with Gasteiger partial charge in [0.1, 0.15) is 5.75 Å². The summed E-state index contributed by atoms with van der Waals surface area (Å²) in [5, 5.41) is 12.7. The van der Waals surface area contributed by atoms with Crippen LogP contribution in [-0.2, 0) is 43.5 Å². The number of anilines is 1. The smallest absolute Gasteiger partial charge is 0.466 e. The van der Waals surface area contributed by atoms with Crippen molar-refractivity contribution in [3.63, 3.8) is 0 Å². The van der Waals surface area contributed by atoms with Crippen LogP contribution in [0.15, 0.2) is 49.8 Å². The van der Waals surface area contributed by atoms with E-state index in [1.165, 1.54) is 0 Å². The topological polar surface area (TPSA) is 127 Å². The Labute approximate surface area is 200 Å². The van der Waals surface area contributed by atoms with Gasteiger partial charge in [-0.1, -0.05) is 18.2 Å². The van der Waals surface area contributed by atoms with Crippen LogP contribution >= 0.6 is 55.6 Å². The van der Waals surface area contributed by atoms with E-state index in [1.807, 2.05) is 18.2 Å². The van der Waals surface area contributed by atoms with Gasteiger partial charge in [-0.25, -0.2) is 4.57 Å². The van der Waals surface area contributed by atoms with Gasteiger partial charge in [0.15, 0.2) is 0 Å². The van der Waals surface area contributed by atoms with Gasteiger partial charge in [0.25, 0.3) is 5.91 Å². The zero-order valence-electron chi connectivity index (χ0n) is 13.1. The number of benzene rings is 2. The molecule has 0 aliphatic carbocycles. The molecule has 0 radical (unpaired) electrons. The van der Waals surface area contributed by atoms with Crippen molar-refractivity contribution in [2.45, 2.75) is 0 Å². The second kappa shape index (κ2) is 12.9. The number of nitrogens with one attached hydrogen (secondary N) is 1. The zero-order chi connectivity index (χ0) is 18.5. The van der Waals surface area contributed by atoms with Crippen molar-refractivity contribution in [2.24, 2.45) is 0 Å². The van der Waals surface area contributed by atoms with E-state index in [2.05, 4.69) is 53.1 Å². The summed E-state index contributed by atoms with van der Waals surface area (Å²) in [7, 11) is -4.64. The molecule has 26 heavy (non-hydrogen) atoms. The maximum Gasteiger partial charge on any atom is 0.466 e. The molecular formula is C13H11Br3NO6PZn2. The molecule has 5 N–H and O–H groups in total. The van der Waals surface area contributed by atoms with Crippen LogP contribution in [0.2, 0.25) is 0 Å². The van der Waals surface area contributed by atoms with Gasteiger partial charge in [-0.2, -0.15) is 0 Å². The van der Waals surface area contributed by atoms with Crippen LogP contribution < -0.4 is 5.32 Å². The van der Waals surface area contributed by atoms with Gasteiger partial charge >= 0.3 is 7.82 Å². The molecule has 7 nitrogen and oxygen atoms in total. The van der Waals surface area contributed by atoms with Crippen LogP contribution in [0.25, 0.3) is 0 Å². The number of halogens is 3. The number of carbonyl (C=O) groups is 1. The van der Waals surface area contributed by atoms with Crippen LogP contribution in [0.3, 0.4) is 0 Å². The number of rotatable bonds is 2. The van der Waals surface area contributed by atoms with Gasteiger partial charge in [-0.3, -0.25) is 4.79 Å². The van der Waals surface area contributed by atoms with Gasteiger partial charge in [-0.15, -0.1) is 0 Å². The van der Waals surface area contributed by atoms with E-state index < -0.39 is 7.82 Å². The largest absolute Gasteiger partial charge is 0.506 e. The molecule has 0 atom stereocenters. The Morgan fingerprint density at radius 2 is 1.42 bits per heavy atom. The van der Waals surface area contributed by atoms with E-state index in [-0.39, 0.29) is 56.2 Å². The Morgan fingerprint density at radius 3 is 1.88 bits per heavy atom. The molecule has 13 heteroatoms. The molecular weight excluding hydrogens is 668 g/mol. The van der Waals surface area contributed by atoms with Crippen LogP contribution in [0, 0.1) is 0 Å². The molecule has 2 rings (SSSR count). The van der Waals surface area contributed by atoms with Crippen molar-refractivity contribution in [3.05, 3.63) is 55.4 Å². The van der Waals surface area contributed by atoms with Crippen molar-refractivity contribution >= 4 is 67.2 Å². The van der Waals surface area contributed by atoms with E-state index in [0.717, 1.165) is 0 Å². The van der Waals surface area contributed by atoms with Crippen molar-refractivity contribution in [1.82, 2.24) is 0 Å². The fraction of sp³-hybridized carbons (Fsp3) is 0. The minimum Gasteiger partial charge on any atom is -0.506 e. The molecule has 0 aliphatic rings. The minimum absolute atomic E-state index is 0. The molecule has 0 aliphatic heterocycles. The molecule has 0 aromatic heterocycles. The van der Waals surface area contributed by atoms with E-state index in [1.54, 1.807) is 18.2 Å². The summed E-state index contributed by atoms with van der Waals surface area (Å²) < 4.78 is 10.6. The summed E-state index contributed by atoms with van der Waals surface area (Å²) in [4.78, 5) is 33.7. The van der Waals surface area contributed by atoms with Gasteiger partial charge in [0.2, 0.25) is 0 Å². The van der Waals surface area contributed by atoms with Gasteiger partial charge in [0, 0.05) is 53.6 Å². The first kappa shape index (κ1) is 28.7. The Balaban J connectivity index is 0. The van der Waals surface area contributed by atoms with Crippen molar-refractivity contribution in [3.8, 4) is 5.75 Å². The molecule has 1 amide bonds. The summed E-state index contributed by atoms with van der Waals surface area (Å²) in [6.07, 6.45) is 0. The average Bonchev–Trinajstić information content (AvgIpc) is 2.48. The third-order valence-electron chi connectivity index (χ3n) is 2.41. The van der Waals surface area contributed by atoms with E-state index in [9.17, 15) is 9.90 Å². The van der Waals surface area contributed by atoms with Crippen molar-refractivity contribution in [1.29, 1.82) is 0 Å². The standard InChI is InChI=1S/C13H8Br3NO2.H3O4P.2Zn/c14-9-6-8(12(18)11(16)10(9)15)13(19)17-7-4-2-1-3-5-7;1-5(2,3)4;;/h1-6,18H,(H,17,19);(H3,1,2,3,4);;. The normalized spacial score (nSPS) is 9.77. The summed E-state index contributed by atoms with van der Waals surface area (Å²) in [5.41, 5.74) is 0.855. The van der Waals surface area contributed by atoms with E-state index in [4.69, 9.17) is 19.2 Å². The number of amides is 1. The summed E-state index contributed by atoms with van der Waals surface area (Å²) >= 11 is 9.84. The Morgan fingerprint density at radius 1 is 0.962 bits per heavy atom. The fourth-order valence-electron chi connectivity index (χ4n) is 1.48. The number of carbonyl (C=O) groups excluding carboxylic acids is 1. The molecule has 2 aromatic rings. The minimum atomic E-state index is -4.64. The van der Waals surface area contributed by atoms with E-state index >= 15 is 0 Å². The van der Waals surface area contributed by atoms with Gasteiger partial charge in [-0.05, 0) is 66.0 Å². The van der Waals surface area contributed by atoms with Crippen LogP contribution in [-0.4, -0.2) is 25.7 Å². The molecule has 0 unspecified atom stereocenters. The molecule has 0 spiro atoms. The Hall–Kier alpha value is 0.507. The third kappa shape index (κ3) is 10.2. The molecule has 0 saturated carbocycles. The van der Waals surface area contributed by atoms with Crippen LogP contribution in [0.1, 0.15) is 10.4 Å². The summed E-state index contributed by atoms with van der Waals surface area (Å²) in [6, 6.07) is 10.6. The molecule has 0 heterocycles. The number of para-hydroxylation sites is 1. The summed E-state index contributed by atoms with van der Waals surface area (Å²) in [5.74, 6) is -0.485. The maximum absolute atomic E-state index is 12.1. The second-order valence-corrected chi connectivity index (χ2v) is 7.68. The quantitative estimate of drug-likeness (QED) is 0.186. The van der Waals surface area contributed by atoms with E-state index in [0.29, 0.717) is 19.1 Å². The molecule has 0 fully saturated rings. The Kier molecular flexibility index (Phi) is 14.2. The number of hydrogen-bond donors (Lipinski definition) is 5. The molecule has 0 saturated heterocycles. The summed E-state index contributed by atoms with van der Waals surface area (Å²) in [6.45, 7) is 0. The average molecular weight is 679 g/mol. The van der Waals surface area contributed by atoms with Crippen molar-refractivity contribution < 1.29 is 68.1 Å². The number of aromatic hydroxyl groups is 1. The van der Waals surface area contributed by atoms with Crippen molar-refractivity contribution in [2.75, 3.05) is 5.32 Å². The first-order valence-corrected chi connectivity index (χ1v) is 9.96. The van der Waals surface area contributed by atoms with Gasteiger partial charge < -0.3 is 25.1 Å². The van der Waals surface area contributed by atoms with Crippen LogP contribution in [0.5, 0.6) is 5.75 Å². The fourth-order valence-corrected chi connectivity index (χ4v) is 2.90. The third-order valence-corrected chi connectivity index (χ3v) is 5.70. The monoisotopic (exact) mass is 673 g/mol. The Bertz CT molecular complexity index is 783. The molecule has 2 aromatic carbocycles. The maximum atomic E-state index is 12.1. The van der Waals surface area contributed by atoms with Gasteiger partial charge in [0.05, 0.1) is 10.0 Å². The number of hydrogen-bond acceptors (Lipinski definition) is 3. The first-order valence-electron chi connectivity index (χ1n) is 6.02. The number of phenolic OH excluding ortho intramolecular Hbond substituents is 1. The predicted octanol–water partition coefficient (Wildman–Crippen LogP) is 4.00. The van der Waals surface area contributed by atoms with Crippen LogP contribution in [0.4, 0.5) is 5.69 Å². The molecule has 134 valence electrons. The zero-order valence-corrected chi connectivity index (χ0v) is 24.7. The first-order chi connectivity index (χ1) is 11.0. The predicted molar refractivity (Wildman–Crippen MR) is 99.9 cm³/mol. The second-order valence-electron chi connectivity index (χ2n) is 4.22. The SMILES string of the molecule is O=C(Nc1ccccc1)c1cc(Br)c(Br)c(Br)c1O.O=P(O)(O)O.[Zn].[Zn].